The van der Waals surface area contributed by atoms with Crippen LogP contribution in [0.2, 0.25) is 0 Å². The summed E-state index contributed by atoms with van der Waals surface area (Å²) in [6.45, 7) is 2.29. The number of aromatic amines is 1. The zero-order valence-electron chi connectivity index (χ0n) is 15.4. The monoisotopic (exact) mass is 400 g/mol. The number of hydrogen-bond acceptors (Lipinski definition) is 5. The van der Waals surface area contributed by atoms with Crippen LogP contribution in [0.4, 0.5) is 5.69 Å². The zero-order valence-corrected chi connectivity index (χ0v) is 16.2. The van der Waals surface area contributed by atoms with E-state index in [1.165, 1.54) is 0 Å². The molecule has 0 saturated heterocycles. The molecule has 1 aromatic carbocycles. The lowest BCUT2D eigenvalue weighted by molar-refractivity contribution is 0.0525. The highest BCUT2D eigenvalue weighted by molar-refractivity contribution is 6.20. The number of fused-ring (bicyclic) bond motifs is 1. The van der Waals surface area contributed by atoms with Gasteiger partial charge in [-0.3, -0.25) is 4.79 Å². The van der Waals surface area contributed by atoms with E-state index < -0.39 is 11.5 Å². The van der Waals surface area contributed by atoms with Crippen molar-refractivity contribution in [1.29, 1.82) is 0 Å². The Kier molecular flexibility index (Phi) is 5.09. The minimum absolute atomic E-state index is 0.00807. The maximum atomic E-state index is 12.7. The van der Waals surface area contributed by atoms with E-state index >= 15 is 0 Å². The van der Waals surface area contributed by atoms with Gasteiger partial charge in [0, 0.05) is 6.04 Å². The maximum Gasteiger partial charge on any atom is 0.345 e. The van der Waals surface area contributed by atoms with Crippen LogP contribution < -0.4 is 10.9 Å². The summed E-state index contributed by atoms with van der Waals surface area (Å²) in [6.07, 6.45) is 3.65. The summed E-state index contributed by atoms with van der Waals surface area (Å²) in [5.74, 6) is -0.638. The van der Waals surface area contributed by atoms with E-state index in [0.717, 1.165) is 18.4 Å². The van der Waals surface area contributed by atoms with Gasteiger partial charge in [0.25, 0.3) is 5.56 Å². The molecule has 0 radical (unpaired) electrons. The number of aromatic nitrogens is 3. The molecule has 0 spiro atoms. The van der Waals surface area contributed by atoms with Gasteiger partial charge in [-0.15, -0.1) is 11.6 Å². The van der Waals surface area contributed by atoms with Gasteiger partial charge in [-0.05, 0) is 25.3 Å². The lowest BCUT2D eigenvalue weighted by Gasteiger charge is -2.13. The van der Waals surface area contributed by atoms with Crippen molar-refractivity contribution in [3.63, 3.8) is 0 Å². The van der Waals surface area contributed by atoms with Gasteiger partial charge in [-0.25, -0.2) is 9.48 Å². The van der Waals surface area contributed by atoms with Crippen LogP contribution in [0.3, 0.4) is 0 Å². The van der Waals surface area contributed by atoms with Crippen LogP contribution in [0.1, 0.15) is 41.1 Å². The second-order valence-corrected chi connectivity index (χ2v) is 7.34. The number of nitrogens with one attached hydrogen (secondary N) is 2. The summed E-state index contributed by atoms with van der Waals surface area (Å²) in [5, 5.41) is 8.07. The minimum Gasteiger partial charge on any atom is -0.462 e. The van der Waals surface area contributed by atoms with Crippen LogP contribution in [0.25, 0.3) is 11.0 Å². The smallest absolute Gasteiger partial charge is 0.345 e. The third kappa shape index (κ3) is 3.62. The number of pyridine rings is 1. The van der Waals surface area contributed by atoms with Gasteiger partial charge >= 0.3 is 5.97 Å². The van der Waals surface area contributed by atoms with E-state index in [2.05, 4.69) is 15.4 Å². The van der Waals surface area contributed by atoms with Crippen molar-refractivity contribution in [2.24, 2.45) is 0 Å². The number of benzene rings is 1. The van der Waals surface area contributed by atoms with E-state index in [0.29, 0.717) is 23.3 Å². The number of anilines is 1. The van der Waals surface area contributed by atoms with Gasteiger partial charge in [0.2, 0.25) is 0 Å². The summed E-state index contributed by atoms with van der Waals surface area (Å²) in [7, 11) is 0. The maximum absolute atomic E-state index is 12.7. The minimum atomic E-state index is -0.638. The molecule has 1 aliphatic carbocycles. The molecule has 146 valence electrons. The molecular formula is C20H21ClN4O3. The van der Waals surface area contributed by atoms with Crippen LogP contribution in [-0.2, 0) is 11.3 Å². The third-order valence-corrected chi connectivity index (χ3v) is 5.11. The van der Waals surface area contributed by atoms with Gasteiger partial charge in [-0.2, -0.15) is 5.10 Å². The topological polar surface area (TPSA) is 89.0 Å². The summed E-state index contributed by atoms with van der Waals surface area (Å²) in [5.41, 5.74) is 1.47. The Morgan fingerprint density at radius 1 is 1.39 bits per heavy atom. The first-order valence-electron chi connectivity index (χ1n) is 9.33. The molecule has 1 atom stereocenters. The fourth-order valence-electron chi connectivity index (χ4n) is 3.16. The first kappa shape index (κ1) is 18.6. The lowest BCUT2D eigenvalue weighted by atomic mass is 10.1. The van der Waals surface area contributed by atoms with Crippen LogP contribution in [0, 0.1) is 0 Å². The van der Waals surface area contributed by atoms with Crippen molar-refractivity contribution in [2.75, 3.05) is 11.9 Å². The fraction of sp³-hybridized carbons (Fsp3) is 0.350. The van der Waals surface area contributed by atoms with E-state index in [9.17, 15) is 9.59 Å². The first-order valence-corrected chi connectivity index (χ1v) is 9.76. The average molecular weight is 401 g/mol. The number of rotatable bonds is 7. The van der Waals surface area contributed by atoms with E-state index in [-0.39, 0.29) is 23.6 Å². The average Bonchev–Trinajstić information content (AvgIpc) is 3.42. The molecule has 2 heterocycles. The molecule has 3 aromatic rings. The molecule has 1 saturated carbocycles. The standard InChI is InChI=1S/C20H21ClN4O3/c1-2-28-20(27)16-17(23-13-8-9-13)14-10-22-25(18(14)24-19(16)26)11-15(21)12-6-4-3-5-7-12/h3-7,10,13,15H,2,8-9,11H2,1H3,(H2,23,24,26). The Bertz CT molecular complexity index is 1060. The SMILES string of the molecule is CCOC(=O)c1c(NC2CC2)c2cnn(CC(Cl)c3ccccc3)c2[nH]c1=O. The van der Waals surface area contributed by atoms with Crippen molar-refractivity contribution in [2.45, 2.75) is 37.7 Å². The van der Waals surface area contributed by atoms with Crippen LogP contribution in [0.15, 0.2) is 41.3 Å². The Balaban J connectivity index is 1.75. The number of ether oxygens (including phenoxy) is 1. The normalized spacial score (nSPS) is 14.8. The fourth-order valence-corrected chi connectivity index (χ4v) is 3.43. The van der Waals surface area contributed by atoms with Crippen LogP contribution >= 0.6 is 11.6 Å². The molecule has 2 aromatic heterocycles. The molecule has 7 nitrogen and oxygen atoms in total. The molecule has 0 amide bonds. The van der Waals surface area contributed by atoms with Crippen molar-refractivity contribution in [1.82, 2.24) is 14.8 Å². The summed E-state index contributed by atoms with van der Waals surface area (Å²) in [6, 6.07) is 9.94. The van der Waals surface area contributed by atoms with E-state index in [4.69, 9.17) is 16.3 Å². The van der Waals surface area contributed by atoms with Crippen LogP contribution in [0.5, 0.6) is 0 Å². The largest absolute Gasteiger partial charge is 0.462 e. The second kappa shape index (κ2) is 7.67. The summed E-state index contributed by atoms with van der Waals surface area (Å²) < 4.78 is 6.74. The molecule has 1 aliphatic rings. The van der Waals surface area contributed by atoms with Gasteiger partial charge in [0.15, 0.2) is 0 Å². The molecule has 1 unspecified atom stereocenters. The molecule has 8 heteroatoms. The van der Waals surface area contributed by atoms with Crippen molar-refractivity contribution >= 4 is 34.3 Å². The molecule has 28 heavy (non-hydrogen) atoms. The van der Waals surface area contributed by atoms with E-state index in [1.807, 2.05) is 30.3 Å². The number of H-pyrrole nitrogens is 1. The predicted molar refractivity (Wildman–Crippen MR) is 108 cm³/mol. The van der Waals surface area contributed by atoms with Gasteiger partial charge < -0.3 is 15.0 Å². The molecule has 1 fully saturated rings. The molecule has 0 bridgehead atoms. The highest BCUT2D eigenvalue weighted by Crippen LogP contribution is 2.32. The summed E-state index contributed by atoms with van der Waals surface area (Å²) in [4.78, 5) is 27.9. The molecular weight excluding hydrogens is 380 g/mol. The highest BCUT2D eigenvalue weighted by Gasteiger charge is 2.28. The van der Waals surface area contributed by atoms with Gasteiger partial charge in [0.1, 0.15) is 11.2 Å². The van der Waals surface area contributed by atoms with Crippen molar-refractivity contribution in [3.05, 3.63) is 58.0 Å². The molecule has 2 N–H and O–H groups in total. The van der Waals surface area contributed by atoms with Crippen molar-refractivity contribution in [3.8, 4) is 0 Å². The van der Waals surface area contributed by atoms with Crippen molar-refractivity contribution < 1.29 is 9.53 Å². The van der Waals surface area contributed by atoms with Gasteiger partial charge in [-0.1, -0.05) is 30.3 Å². The summed E-state index contributed by atoms with van der Waals surface area (Å²) >= 11 is 6.55. The Morgan fingerprint density at radius 3 is 2.82 bits per heavy atom. The quantitative estimate of drug-likeness (QED) is 0.468. The number of esters is 1. The third-order valence-electron chi connectivity index (χ3n) is 4.72. The molecule has 4 rings (SSSR count). The second-order valence-electron chi connectivity index (χ2n) is 6.81. The lowest BCUT2D eigenvalue weighted by Crippen LogP contribution is -2.24. The number of hydrogen-bond donors (Lipinski definition) is 2. The predicted octanol–water partition coefficient (Wildman–Crippen LogP) is 3.46. The van der Waals surface area contributed by atoms with Gasteiger partial charge in [0.05, 0.1) is 35.8 Å². The first-order chi connectivity index (χ1) is 13.6. The Hall–Kier alpha value is -2.80. The highest BCUT2D eigenvalue weighted by atomic mass is 35.5. The number of halogens is 1. The number of carbonyl (C=O) groups is 1. The Labute approximate surface area is 166 Å². The Morgan fingerprint density at radius 2 is 2.14 bits per heavy atom. The number of nitrogens with zero attached hydrogens (tertiary/aromatic N) is 2. The zero-order chi connectivity index (χ0) is 19.7. The molecule has 0 aliphatic heterocycles. The number of carbonyl (C=O) groups excluding carboxylic acids is 1. The van der Waals surface area contributed by atoms with Crippen LogP contribution in [-0.4, -0.2) is 33.4 Å². The number of alkyl halides is 1. The van der Waals surface area contributed by atoms with E-state index in [1.54, 1.807) is 17.8 Å².